The first kappa shape index (κ1) is 17.1. The Kier molecular flexibility index (Phi) is 4.28. The maximum absolute atomic E-state index is 13.3. The van der Waals surface area contributed by atoms with Crippen LogP contribution in [-0.2, 0) is 6.54 Å². The van der Waals surface area contributed by atoms with Crippen LogP contribution in [0.25, 0.3) is 21.7 Å². The highest BCUT2D eigenvalue weighted by molar-refractivity contribution is 6.06. The Balaban J connectivity index is 2.02. The van der Waals surface area contributed by atoms with Gasteiger partial charge in [0.2, 0.25) is 0 Å². The van der Waals surface area contributed by atoms with Crippen molar-refractivity contribution in [3.63, 3.8) is 0 Å². The number of pyridine rings is 2. The van der Waals surface area contributed by atoms with Gasteiger partial charge >= 0.3 is 0 Å². The standard InChI is InChI=1S/C22H20N2O3/c1-14-10-17(27-3)11-19-20-12-23-9-8-18(20)22(25)24(21(14)19)13-15-4-6-16(26-2)7-5-15/h4-12H,13H2,1-3H3. The van der Waals surface area contributed by atoms with Crippen molar-refractivity contribution in [3.05, 3.63) is 76.3 Å². The summed E-state index contributed by atoms with van der Waals surface area (Å²) in [5, 5.41) is 2.45. The van der Waals surface area contributed by atoms with Crippen LogP contribution in [-0.4, -0.2) is 23.8 Å². The first-order chi connectivity index (χ1) is 13.1. The van der Waals surface area contributed by atoms with Crippen molar-refractivity contribution < 1.29 is 9.47 Å². The number of hydrogen-bond acceptors (Lipinski definition) is 4. The second kappa shape index (κ2) is 6.76. The van der Waals surface area contributed by atoms with Crippen LogP contribution in [0.2, 0.25) is 0 Å². The van der Waals surface area contributed by atoms with Crippen molar-refractivity contribution in [1.82, 2.24) is 9.55 Å². The zero-order chi connectivity index (χ0) is 19.0. The zero-order valence-corrected chi connectivity index (χ0v) is 15.5. The summed E-state index contributed by atoms with van der Waals surface area (Å²) in [5.41, 5.74) is 2.89. The van der Waals surface area contributed by atoms with E-state index in [0.717, 1.165) is 38.9 Å². The lowest BCUT2D eigenvalue weighted by Crippen LogP contribution is -2.22. The van der Waals surface area contributed by atoms with Gasteiger partial charge in [0, 0.05) is 23.2 Å². The molecular weight excluding hydrogens is 340 g/mol. The topological polar surface area (TPSA) is 53.4 Å². The molecule has 0 saturated carbocycles. The van der Waals surface area contributed by atoms with Gasteiger partial charge < -0.3 is 14.0 Å². The van der Waals surface area contributed by atoms with Crippen LogP contribution in [0, 0.1) is 6.92 Å². The molecule has 0 N–H and O–H groups in total. The average Bonchev–Trinajstić information content (AvgIpc) is 2.71. The summed E-state index contributed by atoms with van der Waals surface area (Å²) < 4.78 is 12.5. The van der Waals surface area contributed by atoms with Gasteiger partial charge in [0.05, 0.1) is 31.7 Å². The molecule has 27 heavy (non-hydrogen) atoms. The third-order valence-corrected chi connectivity index (χ3v) is 4.87. The van der Waals surface area contributed by atoms with Gasteiger partial charge in [0.15, 0.2) is 0 Å². The van der Waals surface area contributed by atoms with E-state index >= 15 is 0 Å². The molecule has 0 bridgehead atoms. The molecule has 4 aromatic rings. The van der Waals surface area contributed by atoms with E-state index in [0.29, 0.717) is 11.9 Å². The highest BCUT2D eigenvalue weighted by Gasteiger charge is 2.14. The Morgan fingerprint density at radius 1 is 0.926 bits per heavy atom. The SMILES string of the molecule is COc1ccc(Cn2c(=O)c3ccncc3c3cc(OC)cc(C)c32)cc1. The van der Waals surface area contributed by atoms with Gasteiger partial charge in [-0.3, -0.25) is 9.78 Å². The lowest BCUT2D eigenvalue weighted by molar-refractivity contribution is 0.414. The van der Waals surface area contributed by atoms with Crippen LogP contribution in [0.5, 0.6) is 11.5 Å². The van der Waals surface area contributed by atoms with E-state index in [2.05, 4.69) is 4.98 Å². The van der Waals surface area contributed by atoms with Gasteiger partial charge in [0.1, 0.15) is 11.5 Å². The molecule has 0 spiro atoms. The molecule has 136 valence electrons. The lowest BCUT2D eigenvalue weighted by atomic mass is 10.0. The van der Waals surface area contributed by atoms with Crippen molar-refractivity contribution in [2.75, 3.05) is 14.2 Å². The Bertz CT molecular complexity index is 1190. The summed E-state index contributed by atoms with van der Waals surface area (Å²) in [6.07, 6.45) is 3.40. The van der Waals surface area contributed by atoms with Crippen LogP contribution < -0.4 is 15.0 Å². The Hall–Kier alpha value is -3.34. The van der Waals surface area contributed by atoms with E-state index < -0.39 is 0 Å². The fraction of sp³-hybridized carbons (Fsp3) is 0.182. The molecule has 0 atom stereocenters. The first-order valence-electron chi connectivity index (χ1n) is 8.70. The summed E-state index contributed by atoms with van der Waals surface area (Å²) in [7, 11) is 3.29. The number of rotatable bonds is 4. The van der Waals surface area contributed by atoms with Gasteiger partial charge in [0.25, 0.3) is 5.56 Å². The molecule has 2 aromatic heterocycles. The highest BCUT2D eigenvalue weighted by atomic mass is 16.5. The van der Waals surface area contributed by atoms with Gasteiger partial charge in [-0.05, 0) is 48.4 Å². The Morgan fingerprint density at radius 3 is 2.37 bits per heavy atom. The van der Waals surface area contributed by atoms with E-state index in [9.17, 15) is 4.79 Å². The predicted molar refractivity (Wildman–Crippen MR) is 107 cm³/mol. The number of aryl methyl sites for hydroxylation is 1. The smallest absolute Gasteiger partial charge is 0.259 e. The van der Waals surface area contributed by atoms with Gasteiger partial charge in [-0.25, -0.2) is 0 Å². The maximum Gasteiger partial charge on any atom is 0.259 e. The first-order valence-corrected chi connectivity index (χ1v) is 8.70. The second-order valence-electron chi connectivity index (χ2n) is 6.50. The molecule has 0 aliphatic rings. The number of ether oxygens (including phenoxy) is 2. The van der Waals surface area contributed by atoms with E-state index in [4.69, 9.17) is 9.47 Å². The third-order valence-electron chi connectivity index (χ3n) is 4.87. The minimum absolute atomic E-state index is 0.0241. The fourth-order valence-corrected chi connectivity index (χ4v) is 3.53. The van der Waals surface area contributed by atoms with Crippen LogP contribution >= 0.6 is 0 Å². The summed E-state index contributed by atoms with van der Waals surface area (Å²) in [5.74, 6) is 1.56. The molecule has 0 unspecified atom stereocenters. The molecule has 0 radical (unpaired) electrons. The number of benzene rings is 2. The largest absolute Gasteiger partial charge is 0.497 e. The molecule has 0 aliphatic heterocycles. The molecule has 2 aromatic carbocycles. The molecule has 0 aliphatic carbocycles. The molecule has 4 rings (SSSR count). The molecule has 0 saturated heterocycles. The van der Waals surface area contributed by atoms with E-state index in [1.54, 1.807) is 32.7 Å². The van der Waals surface area contributed by atoms with E-state index in [-0.39, 0.29) is 5.56 Å². The average molecular weight is 360 g/mol. The summed E-state index contributed by atoms with van der Waals surface area (Å²) in [6, 6.07) is 13.5. The summed E-state index contributed by atoms with van der Waals surface area (Å²) >= 11 is 0. The number of methoxy groups -OCH3 is 2. The van der Waals surface area contributed by atoms with Gasteiger partial charge in [-0.15, -0.1) is 0 Å². The maximum atomic E-state index is 13.3. The fourth-order valence-electron chi connectivity index (χ4n) is 3.53. The third kappa shape index (κ3) is 2.91. The van der Waals surface area contributed by atoms with Crippen molar-refractivity contribution in [1.29, 1.82) is 0 Å². The monoisotopic (exact) mass is 360 g/mol. The van der Waals surface area contributed by atoms with Crippen LogP contribution in [0.1, 0.15) is 11.1 Å². The predicted octanol–water partition coefficient (Wildman–Crippen LogP) is 3.92. The highest BCUT2D eigenvalue weighted by Crippen LogP contribution is 2.29. The van der Waals surface area contributed by atoms with Gasteiger partial charge in [-0.1, -0.05) is 12.1 Å². The molecule has 0 amide bonds. The minimum Gasteiger partial charge on any atom is -0.497 e. The van der Waals surface area contributed by atoms with Crippen LogP contribution in [0.3, 0.4) is 0 Å². The van der Waals surface area contributed by atoms with Crippen molar-refractivity contribution in [2.24, 2.45) is 0 Å². The summed E-state index contributed by atoms with van der Waals surface area (Å²) in [4.78, 5) is 17.5. The van der Waals surface area contributed by atoms with E-state index in [1.807, 2.05) is 47.9 Å². The Labute approximate surface area is 156 Å². The molecule has 5 heteroatoms. The normalized spacial score (nSPS) is 11.1. The second-order valence-corrected chi connectivity index (χ2v) is 6.50. The quantitative estimate of drug-likeness (QED) is 0.518. The molecule has 2 heterocycles. The van der Waals surface area contributed by atoms with Crippen LogP contribution in [0.4, 0.5) is 0 Å². The minimum atomic E-state index is -0.0241. The number of nitrogens with zero attached hydrogens (tertiary/aromatic N) is 2. The molecule has 0 fully saturated rings. The van der Waals surface area contributed by atoms with Crippen molar-refractivity contribution in [2.45, 2.75) is 13.5 Å². The number of fused-ring (bicyclic) bond motifs is 3. The van der Waals surface area contributed by atoms with Gasteiger partial charge in [-0.2, -0.15) is 0 Å². The molecular formula is C22H20N2O3. The number of aromatic nitrogens is 2. The van der Waals surface area contributed by atoms with Crippen molar-refractivity contribution >= 4 is 21.7 Å². The summed E-state index contributed by atoms with van der Waals surface area (Å²) in [6.45, 7) is 2.47. The van der Waals surface area contributed by atoms with E-state index in [1.165, 1.54) is 0 Å². The lowest BCUT2D eigenvalue weighted by Gasteiger charge is -2.16. The zero-order valence-electron chi connectivity index (χ0n) is 15.5. The number of hydrogen-bond donors (Lipinski definition) is 0. The Morgan fingerprint density at radius 2 is 1.67 bits per heavy atom. The van der Waals surface area contributed by atoms with Crippen molar-refractivity contribution in [3.8, 4) is 11.5 Å². The van der Waals surface area contributed by atoms with Crippen LogP contribution in [0.15, 0.2) is 59.7 Å². The molecule has 5 nitrogen and oxygen atoms in total.